The van der Waals surface area contributed by atoms with Crippen LogP contribution < -0.4 is 9.62 Å². The first kappa shape index (κ1) is 32.1. The first-order valence-corrected chi connectivity index (χ1v) is 17.9. The first-order chi connectivity index (χ1) is 20.2. The fourth-order valence-electron chi connectivity index (χ4n) is 7.93. The molecule has 4 saturated carbocycles. The molecule has 234 valence electrons. The Morgan fingerprint density at radius 1 is 0.930 bits per heavy atom. The average Bonchev–Trinajstić information content (AvgIpc) is 2.93. The molecule has 0 aromatic heterocycles. The molecule has 0 spiro atoms. The van der Waals surface area contributed by atoms with Crippen LogP contribution in [0.25, 0.3) is 0 Å². The number of anilines is 1. The van der Waals surface area contributed by atoms with E-state index in [-0.39, 0.29) is 23.8 Å². The third-order valence-electron chi connectivity index (χ3n) is 9.67. The zero-order chi connectivity index (χ0) is 31.1. The van der Waals surface area contributed by atoms with Gasteiger partial charge in [-0.1, -0.05) is 55.2 Å². The lowest BCUT2D eigenvalue weighted by Crippen LogP contribution is -2.51. The van der Waals surface area contributed by atoms with Gasteiger partial charge in [0.25, 0.3) is 0 Å². The number of nitrogens with one attached hydrogen (secondary N) is 1. The fourth-order valence-corrected chi connectivity index (χ4v) is 9.10. The van der Waals surface area contributed by atoms with Crippen molar-refractivity contribution in [3.05, 3.63) is 63.6 Å². The molecule has 2 aromatic rings. The van der Waals surface area contributed by atoms with Crippen molar-refractivity contribution in [1.82, 2.24) is 10.2 Å². The van der Waals surface area contributed by atoms with Crippen molar-refractivity contribution < 1.29 is 18.0 Å². The van der Waals surface area contributed by atoms with Crippen LogP contribution in [0.15, 0.2) is 42.5 Å². The van der Waals surface area contributed by atoms with Gasteiger partial charge in [-0.15, -0.1) is 0 Å². The highest BCUT2D eigenvalue weighted by molar-refractivity contribution is 7.92. The van der Waals surface area contributed by atoms with Crippen LogP contribution in [0, 0.1) is 23.7 Å². The van der Waals surface area contributed by atoms with Crippen LogP contribution in [-0.4, -0.2) is 50.5 Å². The maximum absolute atomic E-state index is 13.9. The number of sulfonamides is 1. The SMILES string of the molecule is CC(C)CNC(=O)C(C)N(Cc1ccc(Cl)c(Cl)c1)C(=O)CN(c1ccc(C23CC4CC(CC(C4)C2)C3)cc1)S(C)(=O)=O. The van der Waals surface area contributed by atoms with E-state index in [0.717, 1.165) is 28.3 Å². The minimum Gasteiger partial charge on any atom is -0.354 e. The lowest BCUT2D eigenvalue weighted by molar-refractivity contribution is -0.139. The van der Waals surface area contributed by atoms with Crippen molar-refractivity contribution in [1.29, 1.82) is 0 Å². The summed E-state index contributed by atoms with van der Waals surface area (Å²) >= 11 is 12.3. The number of hydrogen-bond donors (Lipinski definition) is 1. The standard InChI is InChI=1S/C33H43Cl2N3O4S/c1-21(2)18-36-32(40)22(3)37(19-23-5-10-29(34)30(35)14-23)31(39)20-38(43(4,41)42)28-8-6-27(7-9-28)33-15-24-11-25(16-33)13-26(12-24)17-33/h5-10,14,21-22,24-26H,11-13,15-20H2,1-4H3,(H,36,40). The highest BCUT2D eigenvalue weighted by Gasteiger charge is 2.51. The Balaban J connectivity index is 1.38. The molecule has 0 radical (unpaired) electrons. The summed E-state index contributed by atoms with van der Waals surface area (Å²) in [6, 6.07) is 12.0. The maximum Gasteiger partial charge on any atom is 0.244 e. The van der Waals surface area contributed by atoms with Crippen LogP contribution in [0.3, 0.4) is 0 Å². The molecule has 0 saturated heterocycles. The van der Waals surface area contributed by atoms with Gasteiger partial charge in [0.05, 0.1) is 22.0 Å². The molecule has 0 heterocycles. The van der Waals surface area contributed by atoms with E-state index in [4.69, 9.17) is 23.2 Å². The summed E-state index contributed by atoms with van der Waals surface area (Å²) in [5, 5.41) is 3.60. The summed E-state index contributed by atoms with van der Waals surface area (Å²) in [5.74, 6) is 1.84. The average molecular weight is 649 g/mol. The van der Waals surface area contributed by atoms with Crippen LogP contribution in [0.4, 0.5) is 5.69 Å². The Labute approximate surface area is 266 Å². The van der Waals surface area contributed by atoms with Gasteiger partial charge < -0.3 is 10.2 Å². The van der Waals surface area contributed by atoms with E-state index in [1.54, 1.807) is 25.1 Å². The summed E-state index contributed by atoms with van der Waals surface area (Å²) in [7, 11) is -3.81. The Morgan fingerprint density at radius 3 is 2.02 bits per heavy atom. The number of benzene rings is 2. The molecule has 4 aliphatic rings. The van der Waals surface area contributed by atoms with E-state index < -0.39 is 28.5 Å². The summed E-state index contributed by atoms with van der Waals surface area (Å²) in [6.07, 6.45) is 8.82. The summed E-state index contributed by atoms with van der Waals surface area (Å²) in [4.78, 5) is 28.4. The van der Waals surface area contributed by atoms with Crippen molar-refractivity contribution in [3.63, 3.8) is 0 Å². The molecular weight excluding hydrogens is 605 g/mol. The molecule has 4 aliphatic carbocycles. The predicted molar refractivity (Wildman–Crippen MR) is 173 cm³/mol. The van der Waals surface area contributed by atoms with Gasteiger partial charge in [0.15, 0.2) is 0 Å². The molecule has 1 N–H and O–H groups in total. The predicted octanol–water partition coefficient (Wildman–Crippen LogP) is 6.42. The Morgan fingerprint density at radius 2 is 1.51 bits per heavy atom. The van der Waals surface area contributed by atoms with Crippen molar-refractivity contribution >= 4 is 50.7 Å². The van der Waals surface area contributed by atoms with Gasteiger partial charge in [-0.25, -0.2) is 8.42 Å². The van der Waals surface area contributed by atoms with E-state index in [9.17, 15) is 18.0 Å². The van der Waals surface area contributed by atoms with E-state index >= 15 is 0 Å². The Kier molecular flexibility index (Phi) is 9.41. The van der Waals surface area contributed by atoms with E-state index in [0.29, 0.717) is 27.8 Å². The molecule has 1 unspecified atom stereocenters. The minimum atomic E-state index is -3.81. The van der Waals surface area contributed by atoms with E-state index in [1.165, 1.54) is 49.0 Å². The molecule has 2 aromatic carbocycles. The number of hydrogen-bond acceptors (Lipinski definition) is 4. The highest BCUT2D eigenvalue weighted by atomic mass is 35.5. The second kappa shape index (κ2) is 12.6. The minimum absolute atomic E-state index is 0.0640. The smallest absolute Gasteiger partial charge is 0.244 e. The molecule has 1 atom stereocenters. The number of nitrogens with zero attached hydrogens (tertiary/aromatic N) is 2. The quantitative estimate of drug-likeness (QED) is 0.305. The molecule has 4 fully saturated rings. The van der Waals surface area contributed by atoms with Gasteiger partial charge >= 0.3 is 0 Å². The van der Waals surface area contributed by atoms with Crippen LogP contribution in [0.1, 0.15) is 70.4 Å². The van der Waals surface area contributed by atoms with Crippen molar-refractivity contribution in [3.8, 4) is 0 Å². The van der Waals surface area contributed by atoms with Crippen LogP contribution in [0.5, 0.6) is 0 Å². The number of amides is 2. The third-order valence-corrected chi connectivity index (χ3v) is 11.6. The number of carbonyl (C=O) groups excluding carboxylic acids is 2. The second-order valence-corrected chi connectivity index (χ2v) is 16.3. The summed E-state index contributed by atoms with van der Waals surface area (Å²) in [6.45, 7) is 5.72. The summed E-state index contributed by atoms with van der Waals surface area (Å²) < 4.78 is 27.3. The Bertz CT molecular complexity index is 1430. The first-order valence-electron chi connectivity index (χ1n) is 15.3. The Hall–Kier alpha value is -2.29. The van der Waals surface area contributed by atoms with E-state index in [2.05, 4.69) is 17.4 Å². The molecule has 0 aliphatic heterocycles. The lowest BCUT2D eigenvalue weighted by Gasteiger charge is -2.57. The molecule has 43 heavy (non-hydrogen) atoms. The van der Waals surface area contributed by atoms with Crippen molar-refractivity contribution in [2.24, 2.45) is 23.7 Å². The van der Waals surface area contributed by atoms with Gasteiger partial charge in [-0.05, 0) is 110 Å². The lowest BCUT2D eigenvalue weighted by atomic mass is 9.48. The van der Waals surface area contributed by atoms with Gasteiger partial charge in [0.1, 0.15) is 12.6 Å². The van der Waals surface area contributed by atoms with Crippen LogP contribution in [0.2, 0.25) is 10.0 Å². The fraction of sp³-hybridized carbons (Fsp3) is 0.576. The van der Waals surface area contributed by atoms with Gasteiger partial charge in [-0.2, -0.15) is 0 Å². The highest BCUT2D eigenvalue weighted by Crippen LogP contribution is 2.60. The van der Waals surface area contributed by atoms with Crippen LogP contribution >= 0.6 is 23.2 Å². The topological polar surface area (TPSA) is 86.8 Å². The number of rotatable bonds is 11. The molecule has 10 heteroatoms. The summed E-state index contributed by atoms with van der Waals surface area (Å²) in [5.41, 5.74) is 2.59. The molecule has 2 amide bonds. The number of halogens is 2. The monoisotopic (exact) mass is 647 g/mol. The second-order valence-electron chi connectivity index (χ2n) is 13.6. The molecule has 7 nitrogen and oxygen atoms in total. The maximum atomic E-state index is 13.9. The number of carbonyl (C=O) groups is 2. The third kappa shape index (κ3) is 7.18. The zero-order valence-electron chi connectivity index (χ0n) is 25.5. The van der Waals surface area contributed by atoms with Crippen molar-refractivity contribution in [2.45, 2.75) is 77.3 Å². The van der Waals surface area contributed by atoms with Gasteiger partial charge in [0, 0.05) is 13.1 Å². The molecular formula is C33H43Cl2N3O4S. The van der Waals surface area contributed by atoms with Gasteiger partial charge in [-0.3, -0.25) is 13.9 Å². The van der Waals surface area contributed by atoms with Crippen LogP contribution in [-0.2, 0) is 31.6 Å². The largest absolute Gasteiger partial charge is 0.354 e. The van der Waals surface area contributed by atoms with E-state index in [1.807, 2.05) is 26.0 Å². The van der Waals surface area contributed by atoms with Crippen molar-refractivity contribution in [2.75, 3.05) is 23.7 Å². The molecule has 4 bridgehead atoms. The molecule has 6 rings (SSSR count). The van der Waals surface area contributed by atoms with Gasteiger partial charge in [0.2, 0.25) is 21.8 Å². The zero-order valence-corrected chi connectivity index (χ0v) is 27.8. The normalized spacial score (nSPS) is 25.0.